The first kappa shape index (κ1) is 25.9. The van der Waals surface area contributed by atoms with Crippen molar-refractivity contribution in [3.05, 3.63) is 93.0 Å². The van der Waals surface area contributed by atoms with Crippen molar-refractivity contribution in [1.82, 2.24) is 4.90 Å². The van der Waals surface area contributed by atoms with Gasteiger partial charge in [-0.2, -0.15) is 0 Å². The molecule has 3 aromatic rings. The molecule has 8 heteroatoms. The molecule has 1 heterocycles. The highest BCUT2D eigenvalue weighted by Gasteiger charge is 2.35. The van der Waals surface area contributed by atoms with Crippen LogP contribution >= 0.6 is 23.2 Å². The van der Waals surface area contributed by atoms with Gasteiger partial charge in [-0.3, -0.25) is 9.59 Å². The summed E-state index contributed by atoms with van der Waals surface area (Å²) < 4.78 is 12.0. The van der Waals surface area contributed by atoms with Crippen LogP contribution in [-0.2, 0) is 17.6 Å². The molecule has 0 saturated heterocycles. The highest BCUT2D eigenvalue weighted by Crippen LogP contribution is 2.37. The van der Waals surface area contributed by atoms with E-state index in [2.05, 4.69) is 0 Å². The second-order valence-corrected chi connectivity index (χ2v) is 10.1. The lowest BCUT2D eigenvalue weighted by Gasteiger charge is -2.24. The molecule has 36 heavy (non-hydrogen) atoms. The zero-order valence-electron chi connectivity index (χ0n) is 20.1. The molecule has 3 aromatic carbocycles. The Balaban J connectivity index is 1.43. The van der Waals surface area contributed by atoms with Gasteiger partial charge in [0.1, 0.15) is 30.3 Å². The SMILES string of the molecule is Cc1cc(OCCN(CC(=O)O)C(=O)c2ccc3c(c2)CC(C)(Cc2ccc(Cl)cc2)O3)ccc1Cl. The van der Waals surface area contributed by atoms with E-state index in [1.165, 1.54) is 4.90 Å². The highest BCUT2D eigenvalue weighted by molar-refractivity contribution is 6.31. The van der Waals surface area contributed by atoms with Crippen molar-refractivity contribution in [2.75, 3.05) is 19.7 Å². The molecule has 1 aliphatic heterocycles. The predicted molar refractivity (Wildman–Crippen MR) is 140 cm³/mol. The fourth-order valence-corrected chi connectivity index (χ4v) is 4.61. The largest absolute Gasteiger partial charge is 0.492 e. The molecule has 1 amide bonds. The molecule has 0 spiro atoms. The highest BCUT2D eigenvalue weighted by atomic mass is 35.5. The predicted octanol–water partition coefficient (Wildman–Crippen LogP) is 5.84. The minimum absolute atomic E-state index is 0.120. The molecule has 0 saturated carbocycles. The molecule has 6 nitrogen and oxygen atoms in total. The third-order valence-electron chi connectivity index (χ3n) is 6.09. The molecule has 0 radical (unpaired) electrons. The lowest BCUT2D eigenvalue weighted by atomic mass is 9.91. The van der Waals surface area contributed by atoms with Gasteiger partial charge in [0.25, 0.3) is 5.91 Å². The Kier molecular flexibility index (Phi) is 7.76. The number of hydrogen-bond acceptors (Lipinski definition) is 4. The smallest absolute Gasteiger partial charge is 0.323 e. The Morgan fingerprint density at radius 2 is 1.83 bits per heavy atom. The normalized spacial score (nSPS) is 16.2. The summed E-state index contributed by atoms with van der Waals surface area (Å²) in [6.45, 7) is 3.74. The van der Waals surface area contributed by atoms with Gasteiger partial charge in [-0.15, -0.1) is 0 Å². The maximum atomic E-state index is 13.2. The van der Waals surface area contributed by atoms with Crippen molar-refractivity contribution in [2.24, 2.45) is 0 Å². The molecule has 188 valence electrons. The monoisotopic (exact) mass is 527 g/mol. The number of carbonyl (C=O) groups is 2. The maximum Gasteiger partial charge on any atom is 0.323 e. The van der Waals surface area contributed by atoms with Gasteiger partial charge in [0.15, 0.2) is 0 Å². The van der Waals surface area contributed by atoms with Gasteiger partial charge in [-0.25, -0.2) is 0 Å². The van der Waals surface area contributed by atoms with Crippen LogP contribution in [0.1, 0.15) is 34.0 Å². The molecule has 0 aromatic heterocycles. The standard InChI is InChI=1S/C28H27Cl2NO5/c1-18-13-23(8-9-24(18)30)35-12-11-31(17-26(32)33)27(34)20-5-10-25-21(14-20)16-28(2,36-25)15-19-3-6-22(29)7-4-19/h3-10,13-14H,11-12,15-17H2,1-2H3,(H,32,33). The summed E-state index contributed by atoms with van der Waals surface area (Å²) in [5, 5.41) is 10.7. The number of rotatable bonds is 9. The summed E-state index contributed by atoms with van der Waals surface area (Å²) in [7, 11) is 0. The summed E-state index contributed by atoms with van der Waals surface area (Å²) in [4.78, 5) is 26.0. The number of carbonyl (C=O) groups excluding carboxylic acids is 1. The van der Waals surface area contributed by atoms with E-state index in [-0.39, 0.29) is 19.1 Å². The van der Waals surface area contributed by atoms with Crippen LogP contribution in [0.2, 0.25) is 10.0 Å². The van der Waals surface area contributed by atoms with Crippen LogP contribution in [-0.4, -0.2) is 47.2 Å². The van der Waals surface area contributed by atoms with Gasteiger partial charge >= 0.3 is 5.97 Å². The Hall–Kier alpha value is -3.22. The van der Waals surface area contributed by atoms with E-state index >= 15 is 0 Å². The first-order chi connectivity index (χ1) is 17.1. The number of ether oxygens (including phenoxy) is 2. The molecule has 0 bridgehead atoms. The number of carboxylic acid groups (broad SMARTS) is 1. The lowest BCUT2D eigenvalue weighted by Crippen LogP contribution is -2.38. The minimum Gasteiger partial charge on any atom is -0.492 e. The quantitative estimate of drug-likeness (QED) is 0.378. The molecular weight excluding hydrogens is 501 g/mol. The number of aryl methyl sites for hydroxylation is 1. The molecule has 1 N–H and O–H groups in total. The Labute approximate surface area is 220 Å². The summed E-state index contributed by atoms with van der Waals surface area (Å²) in [5.41, 5.74) is 2.85. The van der Waals surface area contributed by atoms with E-state index in [1.54, 1.807) is 36.4 Å². The fourth-order valence-electron chi connectivity index (χ4n) is 4.37. The zero-order chi connectivity index (χ0) is 25.9. The van der Waals surface area contributed by atoms with Crippen LogP contribution < -0.4 is 9.47 Å². The summed E-state index contributed by atoms with van der Waals surface area (Å²) in [6.07, 6.45) is 1.32. The summed E-state index contributed by atoms with van der Waals surface area (Å²) in [5.74, 6) is -0.128. The Morgan fingerprint density at radius 1 is 1.08 bits per heavy atom. The van der Waals surface area contributed by atoms with Gasteiger partial charge in [0, 0.05) is 28.5 Å². The second kappa shape index (κ2) is 10.8. The number of benzene rings is 3. The summed E-state index contributed by atoms with van der Waals surface area (Å²) >= 11 is 12.0. The van der Waals surface area contributed by atoms with E-state index in [0.717, 1.165) is 22.4 Å². The van der Waals surface area contributed by atoms with Crippen molar-refractivity contribution in [2.45, 2.75) is 32.3 Å². The third kappa shape index (κ3) is 6.31. The van der Waals surface area contributed by atoms with Crippen LogP contribution in [0, 0.1) is 6.92 Å². The van der Waals surface area contributed by atoms with Gasteiger partial charge in [0.05, 0.1) is 6.54 Å². The van der Waals surface area contributed by atoms with Crippen molar-refractivity contribution < 1.29 is 24.2 Å². The Morgan fingerprint density at radius 3 is 2.53 bits per heavy atom. The first-order valence-electron chi connectivity index (χ1n) is 11.6. The second-order valence-electron chi connectivity index (χ2n) is 9.23. The molecule has 4 rings (SSSR count). The van der Waals surface area contributed by atoms with Gasteiger partial charge in [-0.1, -0.05) is 35.3 Å². The topological polar surface area (TPSA) is 76.1 Å². The first-order valence-corrected chi connectivity index (χ1v) is 12.3. The number of halogens is 2. The molecular formula is C28H27Cl2NO5. The van der Waals surface area contributed by atoms with Gasteiger partial charge in [-0.05, 0) is 79.1 Å². The van der Waals surface area contributed by atoms with Gasteiger partial charge in [0.2, 0.25) is 0 Å². The number of amides is 1. The molecule has 0 aliphatic carbocycles. The minimum atomic E-state index is -1.09. The maximum absolute atomic E-state index is 13.2. The van der Waals surface area contributed by atoms with Crippen LogP contribution in [0.15, 0.2) is 60.7 Å². The van der Waals surface area contributed by atoms with Crippen molar-refractivity contribution in [1.29, 1.82) is 0 Å². The molecule has 1 unspecified atom stereocenters. The molecule has 1 atom stereocenters. The van der Waals surface area contributed by atoms with Gasteiger partial charge < -0.3 is 19.5 Å². The van der Waals surface area contributed by atoms with Crippen molar-refractivity contribution in [3.63, 3.8) is 0 Å². The van der Waals surface area contributed by atoms with E-state index in [0.29, 0.717) is 34.2 Å². The number of fused-ring (bicyclic) bond motifs is 1. The summed E-state index contributed by atoms with van der Waals surface area (Å²) in [6, 6.07) is 18.2. The number of aliphatic carboxylic acids is 1. The van der Waals surface area contributed by atoms with Crippen molar-refractivity contribution in [3.8, 4) is 11.5 Å². The average Bonchev–Trinajstić information content (AvgIpc) is 3.16. The van der Waals surface area contributed by atoms with E-state index < -0.39 is 18.1 Å². The van der Waals surface area contributed by atoms with Crippen molar-refractivity contribution >= 4 is 35.1 Å². The Bertz CT molecular complexity index is 1280. The van der Waals surface area contributed by atoms with Crippen LogP contribution in [0.3, 0.4) is 0 Å². The number of nitrogens with zero attached hydrogens (tertiary/aromatic N) is 1. The van der Waals surface area contributed by atoms with E-state index in [1.807, 2.05) is 38.1 Å². The van der Waals surface area contributed by atoms with E-state index in [4.69, 9.17) is 32.7 Å². The third-order valence-corrected chi connectivity index (χ3v) is 6.77. The molecule has 1 aliphatic rings. The fraction of sp³-hybridized carbons (Fsp3) is 0.286. The molecule has 0 fully saturated rings. The number of hydrogen-bond donors (Lipinski definition) is 1. The zero-order valence-corrected chi connectivity index (χ0v) is 21.6. The van der Waals surface area contributed by atoms with Crippen LogP contribution in [0.25, 0.3) is 0 Å². The van der Waals surface area contributed by atoms with Crippen LogP contribution in [0.5, 0.6) is 11.5 Å². The average molecular weight is 528 g/mol. The lowest BCUT2D eigenvalue weighted by molar-refractivity contribution is -0.137. The van der Waals surface area contributed by atoms with E-state index in [9.17, 15) is 14.7 Å². The number of carboxylic acids is 1. The van der Waals surface area contributed by atoms with Crippen LogP contribution in [0.4, 0.5) is 0 Å².